The Morgan fingerprint density at radius 1 is 1.05 bits per heavy atom. The van der Waals surface area contributed by atoms with Crippen molar-refractivity contribution in [1.29, 1.82) is 0 Å². The quantitative estimate of drug-likeness (QED) is 0.768. The number of aryl methyl sites for hydroxylation is 1. The highest BCUT2D eigenvalue weighted by molar-refractivity contribution is 7.99. The highest BCUT2D eigenvalue weighted by Crippen LogP contribution is 2.30. The number of hydrogen-bond acceptors (Lipinski definition) is 2. The molecule has 1 N–H and O–H groups in total. The minimum Gasteiger partial charge on any atom is -0.313 e. The fourth-order valence-corrected chi connectivity index (χ4v) is 2.86. The van der Waals surface area contributed by atoms with Crippen molar-refractivity contribution in [3.8, 4) is 0 Å². The molecule has 2 rings (SSSR count). The van der Waals surface area contributed by atoms with E-state index in [1.807, 2.05) is 11.8 Å². The first-order valence-corrected chi connectivity index (χ1v) is 7.64. The third-order valence-corrected chi connectivity index (χ3v) is 4.15. The second kappa shape index (κ2) is 7.37. The maximum atomic E-state index is 3.44. The maximum Gasteiger partial charge on any atom is 0.0205 e. The van der Waals surface area contributed by atoms with Crippen LogP contribution in [0.25, 0.3) is 0 Å². The number of nitrogens with one attached hydrogen (secondary N) is 1. The first kappa shape index (κ1) is 14.2. The van der Waals surface area contributed by atoms with Gasteiger partial charge in [0.25, 0.3) is 0 Å². The lowest BCUT2D eigenvalue weighted by molar-refractivity contribution is 0.675. The predicted octanol–water partition coefficient (Wildman–Crippen LogP) is 4.65. The van der Waals surface area contributed by atoms with E-state index in [1.165, 1.54) is 27.3 Å². The molecule has 0 heterocycles. The molecule has 0 spiro atoms. The van der Waals surface area contributed by atoms with Crippen molar-refractivity contribution >= 4 is 11.8 Å². The summed E-state index contributed by atoms with van der Waals surface area (Å²) < 4.78 is 0. The van der Waals surface area contributed by atoms with Gasteiger partial charge in [-0.25, -0.2) is 0 Å². The fraction of sp³-hybridized carbons (Fsp3) is 0.294. The summed E-state index contributed by atoms with van der Waals surface area (Å²) in [6.45, 7) is 6.43. The third-order valence-electron chi connectivity index (χ3n) is 2.97. The molecule has 0 atom stereocenters. The smallest absolute Gasteiger partial charge is 0.0205 e. The highest BCUT2D eigenvalue weighted by Gasteiger charge is 2.02. The normalized spacial score (nSPS) is 10.6. The van der Waals surface area contributed by atoms with Crippen LogP contribution < -0.4 is 5.32 Å². The lowest BCUT2D eigenvalue weighted by Crippen LogP contribution is -2.13. The van der Waals surface area contributed by atoms with E-state index in [2.05, 4.69) is 67.7 Å². The van der Waals surface area contributed by atoms with E-state index in [-0.39, 0.29) is 0 Å². The van der Waals surface area contributed by atoms with Crippen LogP contribution in [0, 0.1) is 6.92 Å². The molecule has 0 aliphatic rings. The largest absolute Gasteiger partial charge is 0.313 e. The van der Waals surface area contributed by atoms with Gasteiger partial charge in [-0.1, -0.05) is 49.0 Å². The summed E-state index contributed by atoms with van der Waals surface area (Å²) in [5.74, 6) is 0. The van der Waals surface area contributed by atoms with Crippen LogP contribution in [0.5, 0.6) is 0 Å². The molecule has 0 amide bonds. The van der Waals surface area contributed by atoms with Crippen LogP contribution in [0.1, 0.15) is 24.5 Å². The predicted molar refractivity (Wildman–Crippen MR) is 83.7 cm³/mol. The van der Waals surface area contributed by atoms with Gasteiger partial charge in [0.2, 0.25) is 0 Å². The molecule has 0 aliphatic carbocycles. The Bertz CT molecular complexity index is 508. The van der Waals surface area contributed by atoms with Gasteiger partial charge in [-0.2, -0.15) is 0 Å². The maximum absolute atomic E-state index is 3.44. The third kappa shape index (κ3) is 4.41. The molecule has 0 radical (unpaired) electrons. The summed E-state index contributed by atoms with van der Waals surface area (Å²) in [6, 6.07) is 17.3. The molecule has 0 saturated heterocycles. The molecule has 1 nitrogen and oxygen atoms in total. The lowest BCUT2D eigenvalue weighted by Gasteiger charge is -2.09. The van der Waals surface area contributed by atoms with Gasteiger partial charge in [-0.05, 0) is 49.2 Å². The van der Waals surface area contributed by atoms with Crippen LogP contribution in [0.15, 0.2) is 58.3 Å². The molecular formula is C17H21NS. The Hall–Kier alpha value is -1.25. The molecule has 0 bridgehead atoms. The van der Waals surface area contributed by atoms with Gasteiger partial charge >= 0.3 is 0 Å². The van der Waals surface area contributed by atoms with E-state index in [4.69, 9.17) is 0 Å². The zero-order chi connectivity index (χ0) is 13.5. The van der Waals surface area contributed by atoms with E-state index in [0.717, 1.165) is 13.1 Å². The molecule has 0 aromatic heterocycles. The Morgan fingerprint density at radius 2 is 1.84 bits per heavy atom. The zero-order valence-electron chi connectivity index (χ0n) is 11.6. The van der Waals surface area contributed by atoms with Gasteiger partial charge in [0.05, 0.1) is 0 Å². The van der Waals surface area contributed by atoms with E-state index in [1.54, 1.807) is 0 Å². The topological polar surface area (TPSA) is 12.0 Å². The van der Waals surface area contributed by atoms with Gasteiger partial charge in [-0.3, -0.25) is 0 Å². The molecule has 2 heteroatoms. The zero-order valence-corrected chi connectivity index (χ0v) is 12.5. The number of benzene rings is 2. The van der Waals surface area contributed by atoms with Crippen molar-refractivity contribution in [2.75, 3.05) is 6.54 Å². The van der Waals surface area contributed by atoms with Gasteiger partial charge in [0.15, 0.2) is 0 Å². The second-order valence-electron chi connectivity index (χ2n) is 4.69. The van der Waals surface area contributed by atoms with E-state index in [9.17, 15) is 0 Å². The highest BCUT2D eigenvalue weighted by atomic mass is 32.2. The lowest BCUT2D eigenvalue weighted by atomic mass is 10.1. The molecule has 0 saturated carbocycles. The first-order valence-electron chi connectivity index (χ1n) is 6.82. The standard InChI is InChI=1S/C17H21NS/c1-3-11-18-13-15-9-10-17(14(2)12-15)19-16-7-5-4-6-8-16/h4-10,12,18H,3,11,13H2,1-2H3. The second-order valence-corrected chi connectivity index (χ2v) is 5.81. The average Bonchev–Trinajstić information content (AvgIpc) is 2.43. The Kier molecular flexibility index (Phi) is 5.49. The SMILES string of the molecule is CCCNCc1ccc(Sc2ccccc2)c(C)c1. The molecule has 2 aromatic rings. The average molecular weight is 271 g/mol. The van der Waals surface area contributed by atoms with Crippen LogP contribution in [-0.4, -0.2) is 6.54 Å². The van der Waals surface area contributed by atoms with Crippen LogP contribution in [0.2, 0.25) is 0 Å². The van der Waals surface area contributed by atoms with Crippen molar-refractivity contribution in [1.82, 2.24) is 5.32 Å². The minimum absolute atomic E-state index is 0.963. The summed E-state index contributed by atoms with van der Waals surface area (Å²) in [5, 5.41) is 3.44. The summed E-state index contributed by atoms with van der Waals surface area (Å²) in [6.07, 6.45) is 1.18. The minimum atomic E-state index is 0.963. The van der Waals surface area contributed by atoms with Crippen molar-refractivity contribution in [3.63, 3.8) is 0 Å². The van der Waals surface area contributed by atoms with E-state index >= 15 is 0 Å². The molecule has 19 heavy (non-hydrogen) atoms. The Labute approximate surface area is 120 Å². The van der Waals surface area contributed by atoms with Crippen molar-refractivity contribution in [3.05, 3.63) is 59.7 Å². The van der Waals surface area contributed by atoms with Crippen LogP contribution in [-0.2, 0) is 6.54 Å². The Balaban J connectivity index is 2.03. The van der Waals surface area contributed by atoms with Crippen molar-refractivity contribution in [2.24, 2.45) is 0 Å². The fourth-order valence-electron chi connectivity index (χ4n) is 1.96. The van der Waals surface area contributed by atoms with Gasteiger partial charge in [0.1, 0.15) is 0 Å². The number of hydrogen-bond donors (Lipinski definition) is 1. The summed E-state index contributed by atoms with van der Waals surface area (Å²) >= 11 is 1.83. The van der Waals surface area contributed by atoms with Crippen LogP contribution in [0.3, 0.4) is 0 Å². The Morgan fingerprint density at radius 3 is 2.53 bits per heavy atom. The van der Waals surface area contributed by atoms with Crippen molar-refractivity contribution < 1.29 is 0 Å². The van der Waals surface area contributed by atoms with Gasteiger partial charge in [0, 0.05) is 16.3 Å². The summed E-state index contributed by atoms with van der Waals surface area (Å²) in [4.78, 5) is 2.63. The van der Waals surface area contributed by atoms with Crippen LogP contribution in [0.4, 0.5) is 0 Å². The molecule has 0 fully saturated rings. The summed E-state index contributed by atoms with van der Waals surface area (Å²) in [7, 11) is 0. The number of rotatable bonds is 6. The van der Waals surface area contributed by atoms with Crippen LogP contribution >= 0.6 is 11.8 Å². The monoisotopic (exact) mass is 271 g/mol. The molecule has 100 valence electrons. The molecule has 2 aromatic carbocycles. The van der Waals surface area contributed by atoms with E-state index < -0.39 is 0 Å². The molecule has 0 aliphatic heterocycles. The molecular weight excluding hydrogens is 250 g/mol. The molecule has 0 unspecified atom stereocenters. The van der Waals surface area contributed by atoms with E-state index in [0.29, 0.717) is 0 Å². The first-order chi connectivity index (χ1) is 9.29. The van der Waals surface area contributed by atoms with Gasteiger partial charge < -0.3 is 5.32 Å². The van der Waals surface area contributed by atoms with Crippen molar-refractivity contribution in [2.45, 2.75) is 36.6 Å². The summed E-state index contributed by atoms with van der Waals surface area (Å²) in [5.41, 5.74) is 2.72. The van der Waals surface area contributed by atoms with Gasteiger partial charge in [-0.15, -0.1) is 0 Å².